The van der Waals surface area contributed by atoms with Crippen molar-refractivity contribution in [3.63, 3.8) is 0 Å². The maximum Gasteiger partial charge on any atom is 0.373 e. The number of hydrogen-bond donors (Lipinski definition) is 2. The summed E-state index contributed by atoms with van der Waals surface area (Å²) in [5.74, 6) is -1.82. The van der Waals surface area contributed by atoms with E-state index in [1.54, 1.807) is 18.2 Å². The molecule has 31 heavy (non-hydrogen) atoms. The number of carboxylic acids is 1. The highest BCUT2D eigenvalue weighted by molar-refractivity contribution is 9.10. The number of rotatable bonds is 7. The van der Waals surface area contributed by atoms with E-state index in [1.807, 2.05) is 0 Å². The van der Waals surface area contributed by atoms with E-state index in [0.717, 1.165) is 4.90 Å². The Kier molecular flexibility index (Phi) is 6.44. The molecule has 1 aliphatic rings. The smallest absolute Gasteiger partial charge is 0.373 e. The summed E-state index contributed by atoms with van der Waals surface area (Å²) in [5.41, 5.74) is 0.614. The van der Waals surface area contributed by atoms with Crippen molar-refractivity contribution in [3.05, 3.63) is 57.6 Å². The van der Waals surface area contributed by atoms with Gasteiger partial charge in [-0.25, -0.2) is 14.4 Å². The summed E-state index contributed by atoms with van der Waals surface area (Å²) in [5, 5.41) is 11.4. The number of esters is 1. The molecule has 0 saturated carbocycles. The zero-order chi connectivity index (χ0) is 22.7. The van der Waals surface area contributed by atoms with E-state index in [4.69, 9.17) is 14.3 Å². The number of ether oxygens (including phenoxy) is 2. The molecular formula is C20H17BrN2O8. The molecule has 162 valence electrons. The molecule has 2 aromatic rings. The molecule has 1 atom stereocenters. The summed E-state index contributed by atoms with van der Waals surface area (Å²) in [6.45, 7) is 1.24. The van der Waals surface area contributed by atoms with Crippen LogP contribution in [-0.2, 0) is 20.9 Å². The second-order valence-electron chi connectivity index (χ2n) is 6.43. The Bertz CT molecular complexity index is 1090. The number of nitrogens with zero attached hydrogens (tertiary/aromatic N) is 1. The van der Waals surface area contributed by atoms with Crippen molar-refractivity contribution >= 4 is 45.9 Å². The predicted molar refractivity (Wildman–Crippen MR) is 109 cm³/mol. The molecule has 1 unspecified atom stereocenters. The molecule has 2 N–H and O–H groups in total. The number of urea groups is 1. The first kappa shape index (κ1) is 22.1. The number of aliphatic carboxylic acids is 1. The Hall–Kier alpha value is -3.60. The highest BCUT2D eigenvalue weighted by atomic mass is 79.9. The fraction of sp³-hybridized carbons (Fsp3) is 0.200. The minimum atomic E-state index is -1.10. The van der Waals surface area contributed by atoms with Gasteiger partial charge in [-0.05, 0) is 58.8 Å². The predicted octanol–water partition coefficient (Wildman–Crippen LogP) is 2.77. The molecule has 1 aliphatic heterocycles. The van der Waals surface area contributed by atoms with Gasteiger partial charge in [-0.1, -0.05) is 6.07 Å². The van der Waals surface area contributed by atoms with Crippen molar-refractivity contribution in [3.8, 4) is 5.75 Å². The number of carboxylic acid groups (broad SMARTS) is 1. The standard InChI is InChI=1S/C20H17BrN2O8/c1-10(18(25)26)30-15-5-3-11(7-13(15)21)8-14-17(24)23(20(28)22-14)9-12-4-6-16(31-12)19(27)29-2/h3-8,10H,9H2,1-2H3,(H,22,28)(H,25,26). The van der Waals surface area contributed by atoms with Crippen LogP contribution in [0.15, 0.2) is 44.9 Å². The third-order valence-electron chi connectivity index (χ3n) is 4.24. The summed E-state index contributed by atoms with van der Waals surface area (Å²) >= 11 is 3.30. The third kappa shape index (κ3) is 4.94. The summed E-state index contributed by atoms with van der Waals surface area (Å²) in [4.78, 5) is 48.2. The number of methoxy groups -OCH3 is 1. The lowest BCUT2D eigenvalue weighted by molar-refractivity contribution is -0.144. The number of furan rings is 1. The molecule has 1 aromatic heterocycles. The monoisotopic (exact) mass is 492 g/mol. The van der Waals surface area contributed by atoms with Crippen LogP contribution in [0.1, 0.15) is 28.8 Å². The van der Waals surface area contributed by atoms with E-state index < -0.39 is 30.0 Å². The van der Waals surface area contributed by atoms with Crippen LogP contribution in [0.25, 0.3) is 6.08 Å². The van der Waals surface area contributed by atoms with Crippen molar-refractivity contribution in [1.82, 2.24) is 10.2 Å². The summed E-state index contributed by atoms with van der Waals surface area (Å²) in [6.07, 6.45) is 0.434. The molecule has 1 saturated heterocycles. The number of carbonyl (C=O) groups is 4. The Morgan fingerprint density at radius 3 is 2.68 bits per heavy atom. The van der Waals surface area contributed by atoms with Gasteiger partial charge < -0.3 is 24.3 Å². The second kappa shape index (κ2) is 9.04. The lowest BCUT2D eigenvalue weighted by atomic mass is 10.2. The largest absolute Gasteiger partial charge is 0.479 e. The molecule has 1 aromatic carbocycles. The van der Waals surface area contributed by atoms with Crippen molar-refractivity contribution in [2.45, 2.75) is 19.6 Å². The zero-order valence-corrected chi connectivity index (χ0v) is 18.0. The van der Waals surface area contributed by atoms with Gasteiger partial charge in [-0.2, -0.15) is 0 Å². The molecule has 10 nitrogen and oxygen atoms in total. The summed E-state index contributed by atoms with van der Waals surface area (Å²) in [7, 11) is 1.21. The van der Waals surface area contributed by atoms with Crippen LogP contribution in [0.5, 0.6) is 5.75 Å². The van der Waals surface area contributed by atoms with Crippen LogP contribution in [-0.4, -0.2) is 47.1 Å². The van der Waals surface area contributed by atoms with Gasteiger partial charge in [0.15, 0.2) is 6.10 Å². The highest BCUT2D eigenvalue weighted by Crippen LogP contribution is 2.28. The van der Waals surface area contributed by atoms with Gasteiger partial charge in [0.2, 0.25) is 5.76 Å². The van der Waals surface area contributed by atoms with Gasteiger partial charge in [-0.15, -0.1) is 0 Å². The minimum absolute atomic E-state index is 0.0373. The molecule has 0 spiro atoms. The minimum Gasteiger partial charge on any atom is -0.479 e. The summed E-state index contributed by atoms with van der Waals surface area (Å²) in [6, 6.07) is 7.01. The first-order valence-electron chi connectivity index (χ1n) is 8.90. The number of benzene rings is 1. The van der Waals surface area contributed by atoms with Crippen molar-refractivity contribution in [2.24, 2.45) is 0 Å². The van der Waals surface area contributed by atoms with E-state index >= 15 is 0 Å². The van der Waals surface area contributed by atoms with E-state index in [2.05, 4.69) is 26.0 Å². The maximum absolute atomic E-state index is 12.6. The van der Waals surface area contributed by atoms with Gasteiger partial charge in [0, 0.05) is 0 Å². The van der Waals surface area contributed by atoms with Crippen LogP contribution < -0.4 is 10.1 Å². The second-order valence-corrected chi connectivity index (χ2v) is 7.28. The van der Waals surface area contributed by atoms with Gasteiger partial charge in [0.1, 0.15) is 17.2 Å². The average Bonchev–Trinajstić information content (AvgIpc) is 3.30. The van der Waals surface area contributed by atoms with Gasteiger partial charge in [-0.3, -0.25) is 9.69 Å². The molecule has 11 heteroatoms. The zero-order valence-electron chi connectivity index (χ0n) is 16.4. The van der Waals surface area contributed by atoms with E-state index in [9.17, 15) is 19.2 Å². The molecule has 0 radical (unpaired) electrons. The van der Waals surface area contributed by atoms with Crippen molar-refractivity contribution in [2.75, 3.05) is 7.11 Å². The molecule has 0 bridgehead atoms. The Morgan fingerprint density at radius 1 is 1.29 bits per heavy atom. The van der Waals surface area contributed by atoms with Crippen LogP contribution in [0.2, 0.25) is 0 Å². The number of imide groups is 1. The quantitative estimate of drug-likeness (QED) is 0.342. The maximum atomic E-state index is 12.6. The van der Waals surface area contributed by atoms with Crippen LogP contribution >= 0.6 is 15.9 Å². The van der Waals surface area contributed by atoms with Gasteiger partial charge in [0.25, 0.3) is 5.91 Å². The molecule has 2 heterocycles. The van der Waals surface area contributed by atoms with Gasteiger partial charge >= 0.3 is 18.0 Å². The molecule has 0 aliphatic carbocycles. The first-order chi connectivity index (χ1) is 14.7. The fourth-order valence-electron chi connectivity index (χ4n) is 2.65. The SMILES string of the molecule is COC(=O)c1ccc(CN2C(=O)NC(=Cc3ccc(OC(C)C(=O)O)c(Br)c3)C2=O)o1. The first-order valence-corrected chi connectivity index (χ1v) is 9.69. The molecular weight excluding hydrogens is 476 g/mol. The van der Waals surface area contributed by atoms with Crippen LogP contribution in [0.4, 0.5) is 4.79 Å². The average molecular weight is 493 g/mol. The third-order valence-corrected chi connectivity index (χ3v) is 4.86. The number of halogens is 1. The van der Waals surface area contributed by atoms with E-state index in [-0.39, 0.29) is 23.8 Å². The lowest BCUT2D eigenvalue weighted by Gasteiger charge is -2.12. The Morgan fingerprint density at radius 2 is 2.03 bits per heavy atom. The van der Waals surface area contributed by atoms with Crippen LogP contribution in [0.3, 0.4) is 0 Å². The van der Waals surface area contributed by atoms with Gasteiger partial charge in [0.05, 0.1) is 18.1 Å². The number of carbonyl (C=O) groups excluding carboxylic acids is 3. The highest BCUT2D eigenvalue weighted by Gasteiger charge is 2.34. The molecule has 3 amide bonds. The topological polar surface area (TPSA) is 135 Å². The summed E-state index contributed by atoms with van der Waals surface area (Å²) < 4.78 is 15.7. The normalized spacial score (nSPS) is 15.7. The lowest BCUT2D eigenvalue weighted by Crippen LogP contribution is -2.30. The molecule has 3 rings (SSSR count). The molecule has 1 fully saturated rings. The Labute approximate surface area is 184 Å². The van der Waals surface area contributed by atoms with Crippen molar-refractivity contribution < 1.29 is 38.2 Å². The van der Waals surface area contributed by atoms with Crippen LogP contribution in [0, 0.1) is 0 Å². The van der Waals surface area contributed by atoms with Crippen molar-refractivity contribution in [1.29, 1.82) is 0 Å². The number of hydrogen-bond acceptors (Lipinski definition) is 7. The van der Waals surface area contributed by atoms with E-state index in [0.29, 0.717) is 15.8 Å². The number of nitrogens with one attached hydrogen (secondary N) is 1. The Balaban J connectivity index is 1.74. The fourth-order valence-corrected chi connectivity index (χ4v) is 3.14. The number of amides is 3. The van der Waals surface area contributed by atoms with E-state index in [1.165, 1.54) is 32.2 Å².